The molecule has 1 saturated carbocycles. The number of carbonyl (C=O) groups excluding carboxylic acids is 2. The Bertz CT molecular complexity index is 1440. The molecule has 10 heteroatoms. The number of nitrogens with one attached hydrogen (secondary N) is 1. The summed E-state index contributed by atoms with van der Waals surface area (Å²) in [6.45, 7) is 2.96. The van der Waals surface area contributed by atoms with E-state index in [1.165, 1.54) is 41.3 Å². The van der Waals surface area contributed by atoms with Crippen LogP contribution in [-0.2, 0) is 26.2 Å². The van der Waals surface area contributed by atoms with Crippen molar-refractivity contribution in [3.05, 3.63) is 94.8 Å². The lowest BCUT2D eigenvalue weighted by Gasteiger charge is -2.33. The van der Waals surface area contributed by atoms with Crippen LogP contribution < -0.4 is 9.62 Å². The summed E-state index contributed by atoms with van der Waals surface area (Å²) in [6.07, 6.45) is 4.96. The number of nitrogens with zero attached hydrogens (tertiary/aromatic N) is 2. The molecule has 3 aromatic rings. The molecule has 41 heavy (non-hydrogen) atoms. The van der Waals surface area contributed by atoms with Gasteiger partial charge in [0.05, 0.1) is 10.6 Å². The maximum absolute atomic E-state index is 14.0. The molecule has 1 fully saturated rings. The van der Waals surface area contributed by atoms with Gasteiger partial charge >= 0.3 is 0 Å². The first-order valence-electron chi connectivity index (χ1n) is 13.7. The van der Waals surface area contributed by atoms with Crippen molar-refractivity contribution in [3.63, 3.8) is 0 Å². The zero-order chi connectivity index (χ0) is 29.6. The second-order valence-electron chi connectivity index (χ2n) is 10.5. The average Bonchev–Trinajstić information content (AvgIpc) is 2.96. The van der Waals surface area contributed by atoms with Gasteiger partial charge < -0.3 is 10.2 Å². The van der Waals surface area contributed by atoms with E-state index in [0.29, 0.717) is 16.3 Å². The molecule has 0 heterocycles. The van der Waals surface area contributed by atoms with Crippen molar-refractivity contribution < 1.29 is 22.4 Å². The van der Waals surface area contributed by atoms with E-state index in [2.05, 4.69) is 5.32 Å². The van der Waals surface area contributed by atoms with Gasteiger partial charge in [0.1, 0.15) is 18.4 Å². The third-order valence-electron chi connectivity index (χ3n) is 7.39. The lowest BCUT2D eigenvalue weighted by atomic mass is 9.95. The molecule has 1 aliphatic rings. The molecule has 1 N–H and O–H groups in total. The quantitative estimate of drug-likeness (QED) is 0.317. The van der Waals surface area contributed by atoms with Crippen LogP contribution in [0.2, 0.25) is 5.02 Å². The maximum Gasteiger partial charge on any atom is 0.264 e. The number of amides is 2. The highest BCUT2D eigenvalue weighted by Gasteiger charge is 2.33. The molecule has 1 aliphatic carbocycles. The minimum atomic E-state index is -4.18. The standard InChI is InChI=1S/C31H35ClFN3O4S/c1-22-8-16-28(17-9-22)36(41(39,40)29-18-12-25(32)13-19-29)21-30(37)35(20-24-10-14-26(33)15-11-24)23(2)31(38)34-27-6-4-3-5-7-27/h8-19,23,27H,3-7,20-21H2,1-2H3,(H,34,38)/t23-/m0/s1. The zero-order valence-corrected chi connectivity index (χ0v) is 24.8. The van der Waals surface area contributed by atoms with Crippen LogP contribution in [-0.4, -0.2) is 43.8 Å². The van der Waals surface area contributed by atoms with E-state index in [1.54, 1.807) is 43.3 Å². The number of sulfonamides is 1. The number of anilines is 1. The predicted octanol–water partition coefficient (Wildman–Crippen LogP) is 5.85. The van der Waals surface area contributed by atoms with Crippen LogP contribution in [0.4, 0.5) is 10.1 Å². The first-order valence-corrected chi connectivity index (χ1v) is 15.6. The molecule has 218 valence electrons. The normalized spacial score (nSPS) is 14.7. The molecule has 2 amide bonds. The minimum absolute atomic E-state index is 0.00109. The van der Waals surface area contributed by atoms with Crippen molar-refractivity contribution >= 4 is 39.1 Å². The molecular formula is C31H35ClFN3O4S. The Morgan fingerprint density at radius 1 is 0.951 bits per heavy atom. The van der Waals surface area contributed by atoms with Gasteiger partial charge in [0.25, 0.3) is 10.0 Å². The van der Waals surface area contributed by atoms with Gasteiger partial charge in [-0.1, -0.05) is 60.7 Å². The Morgan fingerprint density at radius 3 is 2.17 bits per heavy atom. The van der Waals surface area contributed by atoms with Gasteiger partial charge in [-0.25, -0.2) is 12.8 Å². The van der Waals surface area contributed by atoms with Crippen LogP contribution in [0, 0.1) is 12.7 Å². The van der Waals surface area contributed by atoms with Crippen LogP contribution in [0.5, 0.6) is 0 Å². The lowest BCUT2D eigenvalue weighted by molar-refractivity contribution is -0.139. The third-order valence-corrected chi connectivity index (χ3v) is 9.43. The monoisotopic (exact) mass is 599 g/mol. The molecule has 0 saturated heterocycles. The van der Waals surface area contributed by atoms with Gasteiger partial charge in [0, 0.05) is 17.6 Å². The van der Waals surface area contributed by atoms with Crippen molar-refractivity contribution in [1.82, 2.24) is 10.2 Å². The summed E-state index contributed by atoms with van der Waals surface area (Å²) in [5.41, 5.74) is 1.84. The second-order valence-corrected chi connectivity index (χ2v) is 12.8. The fraction of sp³-hybridized carbons (Fsp3) is 0.355. The largest absolute Gasteiger partial charge is 0.352 e. The second kappa shape index (κ2) is 13.5. The zero-order valence-electron chi connectivity index (χ0n) is 23.2. The first-order chi connectivity index (χ1) is 19.5. The molecule has 0 unspecified atom stereocenters. The summed E-state index contributed by atoms with van der Waals surface area (Å²) >= 11 is 5.99. The van der Waals surface area contributed by atoms with E-state index in [-0.39, 0.29) is 23.4 Å². The van der Waals surface area contributed by atoms with Crippen molar-refractivity contribution in [1.29, 1.82) is 0 Å². The van der Waals surface area contributed by atoms with Crippen LogP contribution in [0.25, 0.3) is 0 Å². The van der Waals surface area contributed by atoms with E-state index >= 15 is 0 Å². The van der Waals surface area contributed by atoms with Gasteiger partial charge in [-0.15, -0.1) is 0 Å². The molecule has 0 aliphatic heterocycles. The van der Waals surface area contributed by atoms with Crippen LogP contribution in [0.3, 0.4) is 0 Å². The van der Waals surface area contributed by atoms with E-state index in [4.69, 9.17) is 11.6 Å². The molecule has 0 spiro atoms. The van der Waals surface area contributed by atoms with E-state index in [9.17, 15) is 22.4 Å². The Balaban J connectivity index is 1.66. The summed E-state index contributed by atoms with van der Waals surface area (Å²) in [6, 6.07) is 17.3. The topological polar surface area (TPSA) is 86.8 Å². The number of carbonyl (C=O) groups is 2. The van der Waals surface area contributed by atoms with E-state index < -0.39 is 34.3 Å². The third kappa shape index (κ3) is 7.86. The summed E-state index contributed by atoms with van der Waals surface area (Å²) in [5, 5.41) is 3.44. The Labute approximate surface area is 246 Å². The smallest absolute Gasteiger partial charge is 0.264 e. The van der Waals surface area contributed by atoms with E-state index in [0.717, 1.165) is 42.0 Å². The molecule has 0 radical (unpaired) electrons. The number of halogens is 2. The highest BCUT2D eigenvalue weighted by atomic mass is 35.5. The Morgan fingerprint density at radius 2 is 1.56 bits per heavy atom. The highest BCUT2D eigenvalue weighted by Crippen LogP contribution is 2.26. The van der Waals surface area contributed by atoms with Gasteiger partial charge in [0.2, 0.25) is 11.8 Å². The van der Waals surface area contributed by atoms with Crippen molar-refractivity contribution in [2.45, 2.75) is 69.5 Å². The van der Waals surface area contributed by atoms with Crippen molar-refractivity contribution in [2.24, 2.45) is 0 Å². The van der Waals surface area contributed by atoms with Gasteiger partial charge in [-0.05, 0) is 80.8 Å². The minimum Gasteiger partial charge on any atom is -0.352 e. The first kappa shape index (κ1) is 30.5. The van der Waals surface area contributed by atoms with Crippen LogP contribution in [0.15, 0.2) is 77.7 Å². The number of aryl methyl sites for hydroxylation is 1. The summed E-state index contributed by atoms with van der Waals surface area (Å²) in [5.74, 6) is -1.30. The summed E-state index contributed by atoms with van der Waals surface area (Å²) in [4.78, 5) is 28.6. The van der Waals surface area contributed by atoms with E-state index in [1.807, 2.05) is 6.92 Å². The van der Waals surface area contributed by atoms with Crippen molar-refractivity contribution in [2.75, 3.05) is 10.8 Å². The Hall–Kier alpha value is -3.43. The molecule has 1 atom stereocenters. The highest BCUT2D eigenvalue weighted by molar-refractivity contribution is 7.92. The summed E-state index contributed by atoms with van der Waals surface area (Å²) < 4.78 is 42.3. The summed E-state index contributed by atoms with van der Waals surface area (Å²) in [7, 11) is -4.18. The molecular weight excluding hydrogens is 565 g/mol. The number of hydrogen-bond acceptors (Lipinski definition) is 4. The SMILES string of the molecule is Cc1ccc(N(CC(=O)N(Cc2ccc(F)cc2)[C@@H](C)C(=O)NC2CCCCC2)S(=O)(=O)c2ccc(Cl)cc2)cc1. The predicted molar refractivity (Wildman–Crippen MR) is 159 cm³/mol. The lowest BCUT2D eigenvalue weighted by Crippen LogP contribution is -2.53. The fourth-order valence-corrected chi connectivity index (χ4v) is 6.45. The molecule has 3 aromatic carbocycles. The molecule has 4 rings (SSSR count). The van der Waals surface area contributed by atoms with Crippen molar-refractivity contribution in [3.8, 4) is 0 Å². The van der Waals surface area contributed by atoms with Crippen LogP contribution in [0.1, 0.15) is 50.2 Å². The molecule has 0 bridgehead atoms. The van der Waals surface area contributed by atoms with Gasteiger partial charge in [-0.2, -0.15) is 0 Å². The number of benzene rings is 3. The van der Waals surface area contributed by atoms with Gasteiger partial charge in [0.15, 0.2) is 0 Å². The average molecular weight is 600 g/mol. The maximum atomic E-state index is 14.0. The molecule has 7 nitrogen and oxygen atoms in total. The molecule has 0 aromatic heterocycles. The van der Waals surface area contributed by atoms with Crippen LogP contribution >= 0.6 is 11.6 Å². The number of hydrogen-bond donors (Lipinski definition) is 1. The number of rotatable bonds is 10. The van der Waals surface area contributed by atoms with Gasteiger partial charge in [-0.3, -0.25) is 13.9 Å². The fourth-order valence-electron chi connectivity index (χ4n) is 4.91. The Kier molecular flexibility index (Phi) is 10.0.